The van der Waals surface area contributed by atoms with E-state index in [2.05, 4.69) is 185 Å². The fraction of sp³-hybridized carbons (Fsp3) is 0.234. The fourth-order valence-corrected chi connectivity index (χ4v) is 15.1. The van der Waals surface area contributed by atoms with Gasteiger partial charge >= 0.3 is 0 Å². The molecular weight excluding hydrogens is 626 g/mol. The maximum atomic E-state index is 2.59. The molecular formula is C47H46P2. The molecule has 0 saturated carbocycles. The van der Waals surface area contributed by atoms with Crippen LogP contribution in [0, 0.1) is 0 Å². The first kappa shape index (κ1) is 32.4. The van der Waals surface area contributed by atoms with Crippen LogP contribution in [0.15, 0.2) is 180 Å². The molecule has 3 aliphatic carbocycles. The third-order valence-corrected chi connectivity index (χ3v) is 17.2. The molecule has 3 aliphatic rings. The molecule has 0 saturated heterocycles. The first-order valence-electron chi connectivity index (χ1n) is 17.9. The Balaban J connectivity index is 1.38. The minimum Gasteiger partial charge on any atom is -0.0836 e. The van der Waals surface area contributed by atoms with Gasteiger partial charge in [-0.05, 0) is 95.7 Å². The summed E-state index contributed by atoms with van der Waals surface area (Å²) in [4.78, 5) is 0. The van der Waals surface area contributed by atoms with Crippen LogP contribution >= 0.6 is 15.8 Å². The highest BCUT2D eigenvalue weighted by molar-refractivity contribution is 7.75. The van der Waals surface area contributed by atoms with Crippen molar-refractivity contribution in [2.75, 3.05) is 0 Å². The van der Waals surface area contributed by atoms with Crippen molar-refractivity contribution in [2.45, 2.75) is 69.1 Å². The van der Waals surface area contributed by atoms with E-state index >= 15 is 0 Å². The summed E-state index contributed by atoms with van der Waals surface area (Å²) in [5.41, 5.74) is 9.66. The lowest BCUT2D eigenvalue weighted by Gasteiger charge is -2.59. The van der Waals surface area contributed by atoms with Crippen molar-refractivity contribution in [1.29, 1.82) is 0 Å². The Morgan fingerprint density at radius 1 is 0.592 bits per heavy atom. The van der Waals surface area contributed by atoms with Gasteiger partial charge in [-0.25, -0.2) is 0 Å². The van der Waals surface area contributed by atoms with Gasteiger partial charge in [0.15, 0.2) is 0 Å². The van der Waals surface area contributed by atoms with Crippen molar-refractivity contribution in [1.82, 2.24) is 0 Å². The SMILES string of the molecule is CC(C)(C/C(=C1/C2=C(CCC=C2)C12Cc1ccccc12)C(C)(C)P(c1ccccc1)c1ccccc1)P(c1ccccc1)c1ccccc1. The zero-order valence-electron chi connectivity index (χ0n) is 29.2. The van der Waals surface area contributed by atoms with Crippen LogP contribution in [0.5, 0.6) is 0 Å². The van der Waals surface area contributed by atoms with Gasteiger partial charge in [-0.3, -0.25) is 0 Å². The summed E-state index contributed by atoms with van der Waals surface area (Å²) in [6.45, 7) is 10.3. The van der Waals surface area contributed by atoms with Crippen molar-refractivity contribution in [2.24, 2.45) is 0 Å². The predicted molar refractivity (Wildman–Crippen MR) is 215 cm³/mol. The molecule has 0 N–H and O–H groups in total. The topological polar surface area (TPSA) is 0 Å². The van der Waals surface area contributed by atoms with Crippen molar-refractivity contribution in [3.8, 4) is 0 Å². The molecule has 5 aromatic rings. The molecule has 1 spiro atoms. The number of rotatable bonds is 9. The molecule has 5 aromatic carbocycles. The molecule has 244 valence electrons. The van der Waals surface area contributed by atoms with Crippen molar-refractivity contribution in [3.63, 3.8) is 0 Å². The summed E-state index contributed by atoms with van der Waals surface area (Å²) in [6, 6.07) is 54.9. The van der Waals surface area contributed by atoms with Crippen LogP contribution in [0.2, 0.25) is 0 Å². The lowest BCUT2D eigenvalue weighted by molar-refractivity contribution is 0.441. The molecule has 0 aliphatic heterocycles. The summed E-state index contributed by atoms with van der Waals surface area (Å²) in [6.07, 6.45) is 9.42. The second-order valence-electron chi connectivity index (χ2n) is 15.0. The van der Waals surface area contributed by atoms with Gasteiger partial charge in [0.2, 0.25) is 0 Å². The average Bonchev–Trinajstić information content (AvgIpc) is 3.11. The largest absolute Gasteiger partial charge is 0.0836 e. The molecule has 49 heavy (non-hydrogen) atoms. The van der Waals surface area contributed by atoms with Crippen LogP contribution in [-0.4, -0.2) is 10.3 Å². The number of fused-ring (bicyclic) bond motifs is 3. The molecule has 0 heterocycles. The lowest BCUT2D eigenvalue weighted by Crippen LogP contribution is -2.52. The van der Waals surface area contributed by atoms with Gasteiger partial charge in [0, 0.05) is 10.6 Å². The molecule has 1 atom stereocenters. The van der Waals surface area contributed by atoms with E-state index in [4.69, 9.17) is 0 Å². The summed E-state index contributed by atoms with van der Waals surface area (Å²) in [5, 5.41) is 5.70. The van der Waals surface area contributed by atoms with Crippen LogP contribution in [0.1, 0.15) is 58.1 Å². The highest BCUT2D eigenvalue weighted by Gasteiger charge is 2.58. The predicted octanol–water partition coefficient (Wildman–Crippen LogP) is 10.7. The van der Waals surface area contributed by atoms with E-state index in [-0.39, 0.29) is 15.7 Å². The van der Waals surface area contributed by atoms with E-state index in [0.29, 0.717) is 0 Å². The Morgan fingerprint density at radius 3 is 1.57 bits per heavy atom. The summed E-state index contributed by atoms with van der Waals surface area (Å²) in [7, 11) is -1.39. The molecule has 0 amide bonds. The zero-order valence-corrected chi connectivity index (χ0v) is 31.0. The van der Waals surface area contributed by atoms with Gasteiger partial charge in [-0.2, -0.15) is 0 Å². The molecule has 0 bridgehead atoms. The van der Waals surface area contributed by atoms with Crippen LogP contribution in [0.3, 0.4) is 0 Å². The molecule has 8 rings (SSSR count). The second-order valence-corrected chi connectivity index (χ2v) is 20.7. The Labute approximate surface area is 296 Å². The number of hydrogen-bond donors (Lipinski definition) is 0. The van der Waals surface area contributed by atoms with Crippen LogP contribution in [-0.2, 0) is 11.8 Å². The fourth-order valence-electron chi connectivity index (χ4n) is 9.15. The standard InChI is InChI=1S/C47H46P2/c1-45(2,48(36-22-9-5-10-23-36)37-24-11-6-12-25-37)34-43(46(3,4)49(38-26-13-7-14-27-38)39-28-15-8-16-29-39)44-40-30-18-20-32-42(40)47(44)33-35-21-17-19-31-41(35)47/h5-19,21-31H,20,32-34H2,1-4H3/b44-43+. The Kier molecular flexibility index (Phi) is 8.47. The Morgan fingerprint density at radius 2 is 1.06 bits per heavy atom. The quantitative estimate of drug-likeness (QED) is 0.137. The highest BCUT2D eigenvalue weighted by atomic mass is 31.1. The van der Waals surface area contributed by atoms with E-state index in [1.54, 1.807) is 27.9 Å². The normalized spacial score (nSPS) is 19.4. The van der Waals surface area contributed by atoms with Crippen LogP contribution < -0.4 is 21.2 Å². The van der Waals surface area contributed by atoms with E-state index in [1.165, 1.54) is 33.2 Å². The van der Waals surface area contributed by atoms with E-state index in [0.717, 1.165) is 19.3 Å². The van der Waals surface area contributed by atoms with Crippen LogP contribution in [0.4, 0.5) is 0 Å². The highest BCUT2D eigenvalue weighted by Crippen LogP contribution is 2.68. The number of hydrogen-bond acceptors (Lipinski definition) is 0. The molecule has 2 heteroatoms. The smallest absolute Gasteiger partial charge is 0.0469 e. The third-order valence-electron chi connectivity index (χ3n) is 11.2. The van der Waals surface area contributed by atoms with Crippen LogP contribution in [0.25, 0.3) is 0 Å². The van der Waals surface area contributed by atoms with Gasteiger partial charge in [-0.1, -0.05) is 191 Å². The van der Waals surface area contributed by atoms with Gasteiger partial charge in [-0.15, -0.1) is 0 Å². The van der Waals surface area contributed by atoms with Crippen molar-refractivity contribution >= 4 is 37.1 Å². The van der Waals surface area contributed by atoms with Gasteiger partial charge in [0.05, 0.1) is 0 Å². The van der Waals surface area contributed by atoms with E-state index < -0.39 is 15.8 Å². The molecule has 1 unspecified atom stereocenters. The minimum atomic E-state index is -0.730. The van der Waals surface area contributed by atoms with Gasteiger partial charge in [0.1, 0.15) is 0 Å². The number of benzene rings is 5. The summed E-state index contributed by atoms with van der Waals surface area (Å²) < 4.78 is 0. The molecule has 0 fully saturated rings. The second kappa shape index (κ2) is 12.8. The first-order chi connectivity index (χ1) is 23.8. The van der Waals surface area contributed by atoms with Crippen molar-refractivity contribution in [3.05, 3.63) is 191 Å². The van der Waals surface area contributed by atoms with E-state index in [9.17, 15) is 0 Å². The monoisotopic (exact) mass is 672 g/mol. The maximum Gasteiger partial charge on any atom is 0.0469 e. The molecule has 0 radical (unpaired) electrons. The number of allylic oxidation sites excluding steroid dienone is 6. The average molecular weight is 673 g/mol. The van der Waals surface area contributed by atoms with Gasteiger partial charge < -0.3 is 0 Å². The molecule has 0 aromatic heterocycles. The minimum absolute atomic E-state index is 0.00876. The zero-order chi connectivity index (χ0) is 33.6. The Bertz CT molecular complexity index is 1970. The Hall–Kier alpha value is -3.82. The summed E-state index contributed by atoms with van der Waals surface area (Å²) in [5.74, 6) is 0. The lowest BCUT2D eigenvalue weighted by atomic mass is 9.45. The van der Waals surface area contributed by atoms with Gasteiger partial charge in [0.25, 0.3) is 0 Å². The maximum absolute atomic E-state index is 2.59. The summed E-state index contributed by atoms with van der Waals surface area (Å²) >= 11 is 0. The third kappa shape index (κ3) is 5.44. The van der Waals surface area contributed by atoms with Crippen molar-refractivity contribution < 1.29 is 0 Å². The first-order valence-corrected chi connectivity index (χ1v) is 20.5. The van der Waals surface area contributed by atoms with E-state index in [1.807, 2.05) is 0 Å². The molecule has 0 nitrogen and oxygen atoms in total.